The Labute approximate surface area is 98.1 Å². The highest BCUT2D eigenvalue weighted by atomic mass is 16.5. The van der Waals surface area contributed by atoms with Gasteiger partial charge in [0.15, 0.2) is 0 Å². The van der Waals surface area contributed by atoms with Gasteiger partial charge in [-0.3, -0.25) is 0 Å². The topological polar surface area (TPSA) is 21.3 Å². The average molecular weight is 221 g/mol. The molecule has 90 valence electrons. The molecule has 16 heavy (non-hydrogen) atoms. The summed E-state index contributed by atoms with van der Waals surface area (Å²) in [6.45, 7) is 3.68. The Morgan fingerprint density at radius 1 is 0.812 bits per heavy atom. The van der Waals surface area contributed by atoms with E-state index in [1.807, 2.05) is 0 Å². The fourth-order valence-electron chi connectivity index (χ4n) is 5.08. The Morgan fingerprint density at radius 2 is 1.81 bits per heavy atom. The highest BCUT2D eigenvalue weighted by Gasteiger charge is 2.50. The van der Waals surface area contributed by atoms with E-state index in [1.54, 1.807) is 0 Å². The quantitative estimate of drug-likeness (QED) is 0.731. The fraction of sp³-hybridized carbons (Fsp3) is 1.00. The Morgan fingerprint density at radius 3 is 2.62 bits per heavy atom. The minimum Gasteiger partial charge on any atom is -0.377 e. The first-order valence-electron chi connectivity index (χ1n) is 7.26. The van der Waals surface area contributed by atoms with E-state index in [2.05, 4.69) is 5.32 Å². The van der Waals surface area contributed by atoms with E-state index in [1.165, 1.54) is 45.2 Å². The summed E-state index contributed by atoms with van der Waals surface area (Å²) >= 11 is 0. The van der Waals surface area contributed by atoms with Crippen LogP contribution in [0, 0.1) is 29.6 Å². The minimum absolute atomic E-state index is 0.659. The molecule has 2 heteroatoms. The third-order valence-corrected chi connectivity index (χ3v) is 5.92. The van der Waals surface area contributed by atoms with Crippen LogP contribution in [-0.4, -0.2) is 25.8 Å². The van der Waals surface area contributed by atoms with Crippen molar-refractivity contribution in [3.8, 4) is 0 Å². The number of hydrogen-bond donors (Lipinski definition) is 1. The monoisotopic (exact) mass is 221 g/mol. The largest absolute Gasteiger partial charge is 0.377 e. The number of fused-ring (bicyclic) bond motifs is 2. The Hall–Kier alpha value is -0.0800. The van der Waals surface area contributed by atoms with E-state index >= 15 is 0 Å². The number of hydrogen-bond acceptors (Lipinski definition) is 2. The molecule has 2 saturated heterocycles. The van der Waals surface area contributed by atoms with Crippen molar-refractivity contribution in [1.29, 1.82) is 0 Å². The molecule has 4 fully saturated rings. The molecular formula is C14H23NO. The number of rotatable bonds is 1. The van der Waals surface area contributed by atoms with Crippen LogP contribution in [0.15, 0.2) is 0 Å². The SMILES string of the molecule is C1CC2CNCC(C3CCC4OCC43)C2C1. The molecule has 4 aliphatic rings. The lowest BCUT2D eigenvalue weighted by Crippen LogP contribution is -2.48. The lowest BCUT2D eigenvalue weighted by atomic mass is 9.70. The summed E-state index contributed by atoms with van der Waals surface area (Å²) in [4.78, 5) is 0. The van der Waals surface area contributed by atoms with Gasteiger partial charge in [-0.15, -0.1) is 0 Å². The van der Waals surface area contributed by atoms with Crippen molar-refractivity contribution in [2.45, 2.75) is 38.2 Å². The summed E-state index contributed by atoms with van der Waals surface area (Å²) in [7, 11) is 0. The van der Waals surface area contributed by atoms with Crippen LogP contribution in [0.25, 0.3) is 0 Å². The van der Waals surface area contributed by atoms with Crippen LogP contribution in [0.5, 0.6) is 0 Å². The molecular weight excluding hydrogens is 198 g/mol. The molecule has 6 unspecified atom stereocenters. The summed E-state index contributed by atoms with van der Waals surface area (Å²) in [5.74, 6) is 4.99. The van der Waals surface area contributed by atoms with Gasteiger partial charge in [0.25, 0.3) is 0 Å². The van der Waals surface area contributed by atoms with Crippen LogP contribution in [0.2, 0.25) is 0 Å². The molecule has 2 heterocycles. The molecule has 0 aromatic carbocycles. The lowest BCUT2D eigenvalue weighted by Gasteiger charge is -2.43. The number of piperidine rings is 1. The second-order valence-electron chi connectivity index (χ2n) is 6.45. The van der Waals surface area contributed by atoms with Crippen molar-refractivity contribution in [2.75, 3.05) is 19.7 Å². The third kappa shape index (κ3) is 1.32. The van der Waals surface area contributed by atoms with Crippen LogP contribution in [0.4, 0.5) is 0 Å². The molecule has 0 radical (unpaired) electrons. The predicted molar refractivity (Wildman–Crippen MR) is 63.1 cm³/mol. The summed E-state index contributed by atoms with van der Waals surface area (Å²) in [5, 5.41) is 3.70. The van der Waals surface area contributed by atoms with Crippen molar-refractivity contribution in [3.05, 3.63) is 0 Å². The number of ether oxygens (including phenoxy) is 1. The van der Waals surface area contributed by atoms with Gasteiger partial charge in [0.1, 0.15) is 0 Å². The van der Waals surface area contributed by atoms with Gasteiger partial charge in [-0.25, -0.2) is 0 Å². The zero-order chi connectivity index (χ0) is 10.5. The first-order chi connectivity index (χ1) is 7.93. The summed E-state index contributed by atoms with van der Waals surface area (Å²) in [6, 6.07) is 0. The highest BCUT2D eigenvalue weighted by molar-refractivity contribution is 5.00. The minimum atomic E-state index is 0.659. The zero-order valence-electron chi connectivity index (χ0n) is 10.0. The van der Waals surface area contributed by atoms with E-state index in [4.69, 9.17) is 4.74 Å². The molecule has 0 spiro atoms. The van der Waals surface area contributed by atoms with Crippen molar-refractivity contribution in [3.63, 3.8) is 0 Å². The predicted octanol–water partition coefficient (Wildman–Crippen LogP) is 2.05. The second kappa shape index (κ2) is 3.71. The van der Waals surface area contributed by atoms with Crippen LogP contribution < -0.4 is 5.32 Å². The van der Waals surface area contributed by atoms with E-state index in [9.17, 15) is 0 Å². The maximum Gasteiger partial charge on any atom is 0.0628 e. The van der Waals surface area contributed by atoms with Crippen molar-refractivity contribution < 1.29 is 4.74 Å². The smallest absolute Gasteiger partial charge is 0.0628 e. The molecule has 2 aliphatic carbocycles. The van der Waals surface area contributed by atoms with Gasteiger partial charge >= 0.3 is 0 Å². The van der Waals surface area contributed by atoms with Gasteiger partial charge < -0.3 is 10.1 Å². The number of nitrogens with one attached hydrogen (secondary N) is 1. The van der Waals surface area contributed by atoms with E-state index < -0.39 is 0 Å². The normalized spacial score (nSPS) is 55.5. The van der Waals surface area contributed by atoms with E-state index in [-0.39, 0.29) is 0 Å². The Balaban J connectivity index is 1.53. The second-order valence-corrected chi connectivity index (χ2v) is 6.45. The molecule has 2 nitrogen and oxygen atoms in total. The molecule has 0 aromatic rings. The van der Waals surface area contributed by atoms with Crippen molar-refractivity contribution >= 4 is 0 Å². The Kier molecular flexibility index (Phi) is 2.29. The van der Waals surface area contributed by atoms with Crippen molar-refractivity contribution in [1.82, 2.24) is 5.32 Å². The van der Waals surface area contributed by atoms with Gasteiger partial charge in [-0.05, 0) is 62.4 Å². The lowest BCUT2D eigenvalue weighted by molar-refractivity contribution is -0.119. The molecule has 2 saturated carbocycles. The summed E-state index contributed by atoms with van der Waals surface area (Å²) in [6.07, 6.45) is 7.96. The average Bonchev–Trinajstić information content (AvgIpc) is 2.82. The molecule has 4 rings (SSSR count). The van der Waals surface area contributed by atoms with Crippen LogP contribution in [0.3, 0.4) is 0 Å². The van der Waals surface area contributed by atoms with Crippen LogP contribution in [0.1, 0.15) is 32.1 Å². The standard InChI is InChI=1S/C14H23NO/c1-2-9-6-15-7-12(10(9)3-1)11-4-5-14-13(11)8-16-14/h9-15H,1-8H2. The third-order valence-electron chi connectivity index (χ3n) is 5.92. The molecule has 0 bridgehead atoms. The van der Waals surface area contributed by atoms with Gasteiger partial charge in [0.2, 0.25) is 0 Å². The maximum absolute atomic E-state index is 5.67. The summed E-state index contributed by atoms with van der Waals surface area (Å²) < 4.78 is 5.67. The fourth-order valence-corrected chi connectivity index (χ4v) is 5.08. The zero-order valence-corrected chi connectivity index (χ0v) is 10.0. The maximum atomic E-state index is 5.67. The highest BCUT2D eigenvalue weighted by Crippen LogP contribution is 2.51. The van der Waals surface area contributed by atoms with E-state index in [0.717, 1.165) is 36.2 Å². The van der Waals surface area contributed by atoms with Crippen LogP contribution >= 0.6 is 0 Å². The van der Waals surface area contributed by atoms with E-state index in [0.29, 0.717) is 6.10 Å². The first-order valence-corrected chi connectivity index (χ1v) is 7.26. The molecule has 1 N–H and O–H groups in total. The molecule has 0 aromatic heterocycles. The van der Waals surface area contributed by atoms with Crippen molar-refractivity contribution in [2.24, 2.45) is 29.6 Å². The van der Waals surface area contributed by atoms with Gasteiger partial charge in [-0.2, -0.15) is 0 Å². The Bertz CT molecular complexity index is 280. The molecule has 2 aliphatic heterocycles. The molecule has 6 atom stereocenters. The van der Waals surface area contributed by atoms with Gasteiger partial charge in [-0.1, -0.05) is 6.42 Å². The van der Waals surface area contributed by atoms with Gasteiger partial charge in [0.05, 0.1) is 12.7 Å². The van der Waals surface area contributed by atoms with Gasteiger partial charge in [0, 0.05) is 5.92 Å². The molecule has 0 amide bonds. The first kappa shape index (κ1) is 9.90. The summed E-state index contributed by atoms with van der Waals surface area (Å²) in [5.41, 5.74) is 0. The van der Waals surface area contributed by atoms with Crippen LogP contribution in [-0.2, 0) is 4.74 Å².